The molecule has 0 radical (unpaired) electrons. The molecule has 5 heteroatoms. The highest BCUT2D eigenvalue weighted by atomic mass is 15.1. The lowest BCUT2D eigenvalue weighted by Gasteiger charge is -2.17. The molecule has 2 aromatic heterocycles. The molecule has 0 saturated heterocycles. The maximum absolute atomic E-state index is 4.75. The quantitative estimate of drug-likeness (QED) is 0.779. The van der Waals surface area contributed by atoms with Crippen LogP contribution in [0, 0.1) is 0 Å². The number of imidazole rings is 1. The molecule has 1 N–H and O–H groups in total. The first kappa shape index (κ1) is 13.7. The van der Waals surface area contributed by atoms with Crippen molar-refractivity contribution in [1.29, 1.82) is 0 Å². The normalized spacial score (nSPS) is 12.7. The monoisotopic (exact) mass is 281 g/mol. The fourth-order valence-corrected chi connectivity index (χ4v) is 2.62. The molecule has 21 heavy (non-hydrogen) atoms. The number of benzene rings is 1. The van der Waals surface area contributed by atoms with E-state index in [4.69, 9.17) is 4.98 Å². The maximum Gasteiger partial charge on any atom is 0.111 e. The van der Waals surface area contributed by atoms with Crippen molar-refractivity contribution in [2.45, 2.75) is 19.4 Å². The number of hydrogen-bond acceptors (Lipinski definition) is 4. The summed E-state index contributed by atoms with van der Waals surface area (Å²) in [6, 6.07) is 10.4. The number of para-hydroxylation sites is 2. The molecule has 1 unspecified atom stereocenters. The van der Waals surface area contributed by atoms with Crippen molar-refractivity contribution >= 4 is 11.0 Å². The predicted molar refractivity (Wildman–Crippen MR) is 82.9 cm³/mol. The molecule has 0 spiro atoms. The van der Waals surface area contributed by atoms with Gasteiger partial charge in [0.15, 0.2) is 0 Å². The highest BCUT2D eigenvalue weighted by Gasteiger charge is 2.16. The molecule has 108 valence electrons. The Morgan fingerprint density at radius 3 is 2.76 bits per heavy atom. The van der Waals surface area contributed by atoms with Crippen LogP contribution in [-0.2, 0) is 13.5 Å². The van der Waals surface area contributed by atoms with E-state index in [0.29, 0.717) is 0 Å². The van der Waals surface area contributed by atoms with Crippen LogP contribution < -0.4 is 5.32 Å². The number of aryl methyl sites for hydroxylation is 1. The molecule has 0 saturated carbocycles. The standard InChI is InChI=1S/C16H19N5/c1-3-17-14(12-8-9-18-19-11-12)10-16-20-13-6-4-5-7-15(13)21(16)2/h4-9,11,14,17H,3,10H2,1-2H3. The summed E-state index contributed by atoms with van der Waals surface area (Å²) in [6.07, 6.45) is 4.37. The van der Waals surface area contributed by atoms with Crippen molar-refractivity contribution < 1.29 is 0 Å². The third-order valence-corrected chi connectivity index (χ3v) is 3.73. The van der Waals surface area contributed by atoms with Crippen LogP contribution in [0.15, 0.2) is 42.7 Å². The molecule has 0 amide bonds. The van der Waals surface area contributed by atoms with E-state index in [1.807, 2.05) is 24.4 Å². The number of aromatic nitrogens is 4. The van der Waals surface area contributed by atoms with Crippen molar-refractivity contribution in [1.82, 2.24) is 25.1 Å². The minimum Gasteiger partial charge on any atom is -0.331 e. The molecule has 0 aliphatic heterocycles. The zero-order chi connectivity index (χ0) is 14.7. The van der Waals surface area contributed by atoms with Gasteiger partial charge in [-0.3, -0.25) is 0 Å². The van der Waals surface area contributed by atoms with Crippen LogP contribution in [0.3, 0.4) is 0 Å². The fourth-order valence-electron chi connectivity index (χ4n) is 2.62. The number of nitrogens with one attached hydrogen (secondary N) is 1. The van der Waals surface area contributed by atoms with Crippen LogP contribution in [-0.4, -0.2) is 26.3 Å². The number of rotatable bonds is 5. The SMILES string of the molecule is CCNC(Cc1nc2ccccc2n1C)c1ccnnc1. The molecule has 0 aliphatic rings. The summed E-state index contributed by atoms with van der Waals surface area (Å²) in [5.74, 6) is 1.07. The Labute approximate surface area is 124 Å². The Balaban J connectivity index is 1.93. The van der Waals surface area contributed by atoms with E-state index in [0.717, 1.165) is 35.4 Å². The highest BCUT2D eigenvalue weighted by Crippen LogP contribution is 2.20. The topological polar surface area (TPSA) is 55.6 Å². The van der Waals surface area contributed by atoms with E-state index in [9.17, 15) is 0 Å². The Hall–Kier alpha value is -2.27. The summed E-state index contributed by atoms with van der Waals surface area (Å²) in [6.45, 7) is 3.01. The molecule has 1 atom stereocenters. The van der Waals surface area contributed by atoms with Gasteiger partial charge in [-0.05, 0) is 30.3 Å². The van der Waals surface area contributed by atoms with Gasteiger partial charge in [0, 0.05) is 25.7 Å². The van der Waals surface area contributed by atoms with Crippen molar-refractivity contribution in [2.75, 3.05) is 6.54 Å². The van der Waals surface area contributed by atoms with Crippen LogP contribution in [0.1, 0.15) is 24.4 Å². The Morgan fingerprint density at radius 2 is 2.05 bits per heavy atom. The average Bonchev–Trinajstić information content (AvgIpc) is 2.84. The Kier molecular flexibility index (Phi) is 3.92. The zero-order valence-corrected chi connectivity index (χ0v) is 12.3. The molecule has 0 fully saturated rings. The van der Waals surface area contributed by atoms with Crippen LogP contribution in [0.4, 0.5) is 0 Å². The number of likely N-dealkylation sites (N-methyl/N-ethyl adjacent to an activating group) is 1. The second-order valence-corrected chi connectivity index (χ2v) is 5.07. The number of nitrogens with zero attached hydrogens (tertiary/aromatic N) is 4. The second kappa shape index (κ2) is 6.01. The van der Waals surface area contributed by atoms with E-state index >= 15 is 0 Å². The first-order chi connectivity index (χ1) is 10.3. The Bertz CT molecular complexity index is 720. The number of fused-ring (bicyclic) bond motifs is 1. The summed E-state index contributed by atoms with van der Waals surface area (Å²) in [7, 11) is 2.07. The summed E-state index contributed by atoms with van der Waals surface area (Å²) in [5, 5.41) is 11.3. The van der Waals surface area contributed by atoms with Crippen molar-refractivity contribution in [3.05, 3.63) is 54.1 Å². The van der Waals surface area contributed by atoms with Gasteiger partial charge in [0.2, 0.25) is 0 Å². The van der Waals surface area contributed by atoms with Gasteiger partial charge in [-0.2, -0.15) is 10.2 Å². The Morgan fingerprint density at radius 1 is 1.19 bits per heavy atom. The first-order valence-electron chi connectivity index (χ1n) is 7.20. The van der Waals surface area contributed by atoms with Gasteiger partial charge in [0.05, 0.1) is 17.2 Å². The molecule has 2 heterocycles. The van der Waals surface area contributed by atoms with Crippen LogP contribution in [0.5, 0.6) is 0 Å². The van der Waals surface area contributed by atoms with Crippen molar-refractivity contribution in [3.8, 4) is 0 Å². The van der Waals surface area contributed by atoms with Crippen LogP contribution in [0.2, 0.25) is 0 Å². The highest BCUT2D eigenvalue weighted by molar-refractivity contribution is 5.75. The van der Waals surface area contributed by atoms with Crippen molar-refractivity contribution in [3.63, 3.8) is 0 Å². The largest absolute Gasteiger partial charge is 0.331 e. The van der Waals surface area contributed by atoms with E-state index in [1.54, 1.807) is 6.20 Å². The molecular formula is C16H19N5. The molecule has 0 bridgehead atoms. The number of hydrogen-bond donors (Lipinski definition) is 1. The third-order valence-electron chi connectivity index (χ3n) is 3.73. The van der Waals surface area contributed by atoms with Crippen molar-refractivity contribution in [2.24, 2.45) is 7.05 Å². The predicted octanol–water partition coefficient (Wildman–Crippen LogP) is 2.26. The van der Waals surface area contributed by atoms with Gasteiger partial charge < -0.3 is 9.88 Å². The third kappa shape index (κ3) is 2.78. The van der Waals surface area contributed by atoms with E-state index in [-0.39, 0.29) is 6.04 Å². The lowest BCUT2D eigenvalue weighted by Crippen LogP contribution is -2.24. The molecule has 0 aliphatic carbocycles. The average molecular weight is 281 g/mol. The fraction of sp³-hybridized carbons (Fsp3) is 0.312. The summed E-state index contributed by atoms with van der Waals surface area (Å²) < 4.78 is 2.16. The first-order valence-corrected chi connectivity index (χ1v) is 7.20. The molecule has 3 rings (SSSR count). The minimum absolute atomic E-state index is 0.195. The zero-order valence-electron chi connectivity index (χ0n) is 12.3. The van der Waals surface area contributed by atoms with Gasteiger partial charge >= 0.3 is 0 Å². The molecular weight excluding hydrogens is 262 g/mol. The van der Waals surface area contributed by atoms with Gasteiger partial charge in [-0.15, -0.1) is 0 Å². The van der Waals surface area contributed by atoms with E-state index < -0.39 is 0 Å². The van der Waals surface area contributed by atoms with E-state index in [2.05, 4.69) is 46.2 Å². The second-order valence-electron chi connectivity index (χ2n) is 5.07. The van der Waals surface area contributed by atoms with Crippen LogP contribution in [0.25, 0.3) is 11.0 Å². The van der Waals surface area contributed by atoms with E-state index in [1.165, 1.54) is 0 Å². The molecule has 1 aromatic carbocycles. The maximum atomic E-state index is 4.75. The lowest BCUT2D eigenvalue weighted by molar-refractivity contribution is 0.528. The molecule has 5 nitrogen and oxygen atoms in total. The minimum atomic E-state index is 0.195. The van der Waals surface area contributed by atoms with Gasteiger partial charge in [0.1, 0.15) is 5.82 Å². The van der Waals surface area contributed by atoms with Gasteiger partial charge in [-0.25, -0.2) is 4.98 Å². The summed E-state index contributed by atoms with van der Waals surface area (Å²) in [4.78, 5) is 4.75. The van der Waals surface area contributed by atoms with Gasteiger partial charge in [0.25, 0.3) is 0 Å². The molecule has 3 aromatic rings. The van der Waals surface area contributed by atoms with Gasteiger partial charge in [-0.1, -0.05) is 19.1 Å². The summed E-state index contributed by atoms with van der Waals surface area (Å²) in [5.41, 5.74) is 3.34. The summed E-state index contributed by atoms with van der Waals surface area (Å²) >= 11 is 0. The van der Waals surface area contributed by atoms with Crippen LogP contribution >= 0.6 is 0 Å². The lowest BCUT2D eigenvalue weighted by atomic mass is 10.1. The smallest absolute Gasteiger partial charge is 0.111 e.